The molecule has 0 saturated carbocycles. The van der Waals surface area contributed by atoms with Crippen molar-refractivity contribution in [3.63, 3.8) is 0 Å². The van der Waals surface area contributed by atoms with Crippen LogP contribution in [0.3, 0.4) is 0 Å². The maximum Gasteiger partial charge on any atom is 0.267 e. The third-order valence-electron chi connectivity index (χ3n) is 3.15. The molecule has 2 aromatic rings. The molecule has 0 N–H and O–H groups in total. The normalized spacial score (nSPS) is 11.6. The molecule has 23 heavy (non-hydrogen) atoms. The van der Waals surface area contributed by atoms with Crippen LogP contribution in [-0.2, 0) is 0 Å². The fourth-order valence-electron chi connectivity index (χ4n) is 2.06. The van der Waals surface area contributed by atoms with E-state index in [2.05, 4.69) is 4.98 Å². The Hall–Kier alpha value is -3.10. The van der Waals surface area contributed by atoms with E-state index in [-0.39, 0.29) is 25.8 Å². The van der Waals surface area contributed by atoms with Gasteiger partial charge < -0.3 is 14.4 Å². The van der Waals surface area contributed by atoms with Gasteiger partial charge in [-0.2, -0.15) is 10.5 Å². The average molecular weight is 326 g/mol. The Kier molecular flexibility index (Phi) is 4.09. The van der Waals surface area contributed by atoms with Crippen molar-refractivity contribution >= 4 is 17.2 Å². The van der Waals surface area contributed by atoms with Crippen molar-refractivity contribution in [1.82, 2.24) is 9.88 Å². The minimum atomic E-state index is -0.377. The highest BCUT2D eigenvalue weighted by Gasteiger charge is 2.20. The van der Waals surface area contributed by atoms with Crippen molar-refractivity contribution in [3.8, 4) is 34.2 Å². The Balaban J connectivity index is 1.84. The summed E-state index contributed by atoms with van der Waals surface area (Å²) in [5.41, 5.74) is 0.811. The van der Waals surface area contributed by atoms with Crippen LogP contribution in [0.15, 0.2) is 24.4 Å². The summed E-state index contributed by atoms with van der Waals surface area (Å²) in [6, 6.07) is 9.19. The van der Waals surface area contributed by atoms with Crippen LogP contribution < -0.4 is 9.47 Å². The Labute approximate surface area is 135 Å². The number of benzene rings is 1. The predicted octanol–water partition coefficient (Wildman–Crippen LogP) is 2.03. The summed E-state index contributed by atoms with van der Waals surface area (Å²) >= 11 is 1.20. The summed E-state index contributed by atoms with van der Waals surface area (Å²) in [6.45, 7) is -0.0784. The van der Waals surface area contributed by atoms with E-state index >= 15 is 0 Å². The molecule has 0 bridgehead atoms. The van der Waals surface area contributed by atoms with Gasteiger partial charge in [0.25, 0.3) is 5.91 Å². The number of hydrogen-bond acceptors (Lipinski definition) is 7. The van der Waals surface area contributed by atoms with Crippen LogP contribution >= 0.6 is 11.3 Å². The summed E-state index contributed by atoms with van der Waals surface area (Å²) in [7, 11) is 0. The lowest BCUT2D eigenvalue weighted by Crippen LogP contribution is -2.31. The molecule has 1 aromatic carbocycles. The monoisotopic (exact) mass is 326 g/mol. The lowest BCUT2D eigenvalue weighted by Gasteiger charge is -2.13. The standard InChI is InChI=1S/C15H10N4O3S/c16-3-5-19(6-4-17)15(20)13-8-18-14(23-13)10-1-2-11-12(7-10)22-9-21-11/h1-2,7-8H,5-6,9H2. The number of nitriles is 2. The van der Waals surface area contributed by atoms with Gasteiger partial charge in [0.2, 0.25) is 6.79 Å². The number of aromatic nitrogens is 1. The lowest BCUT2D eigenvalue weighted by atomic mass is 10.2. The molecular weight excluding hydrogens is 316 g/mol. The van der Waals surface area contributed by atoms with Crippen LogP contribution in [0, 0.1) is 22.7 Å². The van der Waals surface area contributed by atoms with E-state index < -0.39 is 0 Å². The van der Waals surface area contributed by atoms with E-state index in [1.807, 2.05) is 18.2 Å². The number of amides is 1. The molecule has 3 rings (SSSR count). The summed E-state index contributed by atoms with van der Waals surface area (Å²) in [4.78, 5) is 18.1. The largest absolute Gasteiger partial charge is 0.454 e. The molecule has 0 saturated heterocycles. The quantitative estimate of drug-likeness (QED) is 0.797. The summed E-state index contributed by atoms with van der Waals surface area (Å²) < 4.78 is 10.6. The molecule has 1 aromatic heterocycles. The van der Waals surface area contributed by atoms with E-state index in [4.69, 9.17) is 20.0 Å². The molecule has 1 amide bonds. The third-order valence-corrected chi connectivity index (χ3v) is 4.18. The second-order valence-corrected chi connectivity index (χ2v) is 5.61. The zero-order chi connectivity index (χ0) is 16.2. The second-order valence-electron chi connectivity index (χ2n) is 4.58. The average Bonchev–Trinajstić information content (AvgIpc) is 3.22. The predicted molar refractivity (Wildman–Crippen MR) is 80.8 cm³/mol. The Morgan fingerprint density at radius 2 is 2.00 bits per heavy atom. The van der Waals surface area contributed by atoms with Gasteiger partial charge in [0.05, 0.1) is 18.3 Å². The maximum atomic E-state index is 12.3. The SMILES string of the molecule is N#CCN(CC#N)C(=O)c1cnc(-c2ccc3c(c2)OCO3)s1. The molecular formula is C15H10N4O3S. The first kappa shape index (κ1) is 14.8. The Morgan fingerprint density at radius 3 is 2.74 bits per heavy atom. The van der Waals surface area contributed by atoms with Crippen molar-refractivity contribution in [2.75, 3.05) is 19.9 Å². The van der Waals surface area contributed by atoms with E-state index in [1.165, 1.54) is 22.4 Å². The summed E-state index contributed by atoms with van der Waals surface area (Å²) in [5.74, 6) is 0.939. The van der Waals surface area contributed by atoms with Crippen molar-refractivity contribution < 1.29 is 14.3 Å². The lowest BCUT2D eigenvalue weighted by molar-refractivity contribution is 0.0799. The van der Waals surface area contributed by atoms with Gasteiger partial charge in [-0.15, -0.1) is 11.3 Å². The van der Waals surface area contributed by atoms with Crippen molar-refractivity contribution in [2.24, 2.45) is 0 Å². The molecule has 0 radical (unpaired) electrons. The van der Waals surface area contributed by atoms with Crippen LogP contribution in [-0.4, -0.2) is 35.7 Å². The van der Waals surface area contributed by atoms with Gasteiger partial charge in [0.15, 0.2) is 11.5 Å². The molecule has 7 nitrogen and oxygen atoms in total. The molecule has 114 valence electrons. The Bertz CT molecular complexity index is 818. The maximum absolute atomic E-state index is 12.3. The first-order chi connectivity index (χ1) is 11.2. The molecule has 1 aliphatic rings. The number of nitrogens with zero attached hydrogens (tertiary/aromatic N) is 4. The van der Waals surface area contributed by atoms with Crippen LogP contribution in [0.2, 0.25) is 0 Å². The summed E-state index contributed by atoms with van der Waals surface area (Å²) in [6.07, 6.45) is 1.45. The molecule has 0 atom stereocenters. The molecule has 2 heterocycles. The minimum Gasteiger partial charge on any atom is -0.454 e. The van der Waals surface area contributed by atoms with Crippen LogP contribution in [0.4, 0.5) is 0 Å². The zero-order valence-corrected chi connectivity index (χ0v) is 12.7. The van der Waals surface area contributed by atoms with Gasteiger partial charge in [-0.25, -0.2) is 4.98 Å². The van der Waals surface area contributed by atoms with Crippen LogP contribution in [0.5, 0.6) is 11.5 Å². The van der Waals surface area contributed by atoms with Crippen molar-refractivity contribution in [2.45, 2.75) is 0 Å². The smallest absolute Gasteiger partial charge is 0.267 e. The molecule has 0 aliphatic carbocycles. The topological polar surface area (TPSA) is 99.2 Å². The van der Waals surface area contributed by atoms with Gasteiger partial charge in [0, 0.05) is 5.56 Å². The molecule has 0 unspecified atom stereocenters. The minimum absolute atomic E-state index is 0.135. The highest BCUT2D eigenvalue weighted by molar-refractivity contribution is 7.16. The van der Waals surface area contributed by atoms with Gasteiger partial charge in [-0.3, -0.25) is 4.79 Å². The van der Waals surface area contributed by atoms with E-state index in [0.29, 0.717) is 21.4 Å². The van der Waals surface area contributed by atoms with Crippen molar-refractivity contribution in [1.29, 1.82) is 10.5 Å². The Morgan fingerprint density at radius 1 is 1.26 bits per heavy atom. The molecule has 0 spiro atoms. The number of carbonyl (C=O) groups is 1. The van der Waals surface area contributed by atoms with Crippen LogP contribution in [0.1, 0.15) is 9.67 Å². The summed E-state index contributed by atoms with van der Waals surface area (Å²) in [5, 5.41) is 18.1. The first-order valence-electron chi connectivity index (χ1n) is 6.62. The molecule has 8 heteroatoms. The van der Waals surface area contributed by atoms with E-state index in [1.54, 1.807) is 12.1 Å². The third kappa shape index (κ3) is 2.93. The van der Waals surface area contributed by atoms with Crippen molar-refractivity contribution in [3.05, 3.63) is 29.3 Å². The van der Waals surface area contributed by atoms with E-state index in [0.717, 1.165) is 5.56 Å². The number of hydrogen-bond donors (Lipinski definition) is 0. The fourth-order valence-corrected chi connectivity index (χ4v) is 2.94. The second kappa shape index (κ2) is 6.34. The molecule has 0 fully saturated rings. The zero-order valence-electron chi connectivity index (χ0n) is 11.9. The van der Waals surface area contributed by atoms with Gasteiger partial charge in [-0.1, -0.05) is 0 Å². The number of carbonyl (C=O) groups excluding carboxylic acids is 1. The van der Waals surface area contributed by atoms with Gasteiger partial charge in [0.1, 0.15) is 23.0 Å². The van der Waals surface area contributed by atoms with E-state index in [9.17, 15) is 4.79 Å². The first-order valence-corrected chi connectivity index (χ1v) is 7.43. The highest BCUT2D eigenvalue weighted by Crippen LogP contribution is 2.37. The number of thiazole rings is 1. The number of rotatable bonds is 4. The van der Waals surface area contributed by atoms with Gasteiger partial charge in [-0.05, 0) is 18.2 Å². The highest BCUT2D eigenvalue weighted by atomic mass is 32.1. The molecule has 1 aliphatic heterocycles. The fraction of sp³-hybridized carbons (Fsp3) is 0.200. The number of ether oxygens (including phenoxy) is 2. The number of fused-ring (bicyclic) bond motifs is 1. The van der Waals surface area contributed by atoms with Crippen LogP contribution in [0.25, 0.3) is 10.6 Å². The van der Waals surface area contributed by atoms with Gasteiger partial charge >= 0.3 is 0 Å².